The molecule has 0 bridgehead atoms. The average molecular weight is 218 g/mol. The van der Waals surface area contributed by atoms with E-state index in [1.54, 1.807) is 13.1 Å². The van der Waals surface area contributed by atoms with Crippen molar-refractivity contribution in [3.05, 3.63) is 35.4 Å². The lowest BCUT2D eigenvalue weighted by atomic mass is 10.2. The number of aromatic nitrogens is 3. The van der Waals surface area contributed by atoms with Crippen LogP contribution in [0.4, 0.5) is 10.2 Å². The first-order chi connectivity index (χ1) is 7.59. The van der Waals surface area contributed by atoms with Crippen molar-refractivity contribution in [1.29, 1.82) is 0 Å². The lowest BCUT2D eigenvalue weighted by Gasteiger charge is -2.05. The Labute approximate surface area is 92.4 Å². The summed E-state index contributed by atoms with van der Waals surface area (Å²) in [6.45, 7) is 3.44. The summed E-state index contributed by atoms with van der Waals surface area (Å²) in [5.74, 6) is -0.362. The van der Waals surface area contributed by atoms with Crippen LogP contribution < -0.4 is 5.73 Å². The van der Waals surface area contributed by atoms with Crippen LogP contribution in [-0.4, -0.2) is 15.0 Å². The molecule has 0 saturated carbocycles. The van der Waals surface area contributed by atoms with E-state index in [-0.39, 0.29) is 11.5 Å². The Morgan fingerprint density at radius 1 is 1.25 bits per heavy atom. The van der Waals surface area contributed by atoms with Crippen molar-refractivity contribution >= 4 is 5.82 Å². The van der Waals surface area contributed by atoms with E-state index < -0.39 is 5.82 Å². The average Bonchev–Trinajstić information content (AvgIpc) is 2.26. The number of pyridine rings is 1. The van der Waals surface area contributed by atoms with Crippen LogP contribution in [0.5, 0.6) is 0 Å². The van der Waals surface area contributed by atoms with Gasteiger partial charge in [-0.3, -0.25) is 4.98 Å². The molecule has 0 aliphatic carbocycles. The number of aryl methyl sites for hydroxylation is 2. The third-order valence-electron chi connectivity index (χ3n) is 2.26. The second-order valence-corrected chi connectivity index (χ2v) is 3.50. The molecule has 0 aliphatic heterocycles. The molecule has 2 aromatic heterocycles. The summed E-state index contributed by atoms with van der Waals surface area (Å²) in [4.78, 5) is 12.1. The van der Waals surface area contributed by atoms with Crippen LogP contribution in [0, 0.1) is 19.7 Å². The highest BCUT2D eigenvalue weighted by molar-refractivity contribution is 5.56. The number of nitrogens with two attached hydrogens (primary N) is 1. The number of anilines is 1. The summed E-state index contributed by atoms with van der Waals surface area (Å²) < 4.78 is 13.3. The van der Waals surface area contributed by atoms with Crippen molar-refractivity contribution in [2.75, 3.05) is 5.73 Å². The van der Waals surface area contributed by atoms with Gasteiger partial charge in [-0.15, -0.1) is 0 Å². The van der Waals surface area contributed by atoms with Crippen LogP contribution in [0.2, 0.25) is 0 Å². The third-order valence-corrected chi connectivity index (χ3v) is 2.26. The first kappa shape index (κ1) is 10.5. The summed E-state index contributed by atoms with van der Waals surface area (Å²) in [6.07, 6.45) is 1.64. The molecule has 0 aromatic carbocycles. The van der Waals surface area contributed by atoms with Crippen LogP contribution in [0.3, 0.4) is 0 Å². The molecular weight excluding hydrogens is 207 g/mol. The van der Waals surface area contributed by atoms with E-state index in [9.17, 15) is 4.39 Å². The van der Waals surface area contributed by atoms with Gasteiger partial charge in [-0.2, -0.15) is 0 Å². The summed E-state index contributed by atoms with van der Waals surface area (Å²) in [7, 11) is 0. The summed E-state index contributed by atoms with van der Waals surface area (Å²) >= 11 is 0. The maximum absolute atomic E-state index is 13.3. The van der Waals surface area contributed by atoms with Crippen LogP contribution in [0.15, 0.2) is 18.3 Å². The predicted octanol–water partition coefficient (Wildman–Crippen LogP) is 1.88. The van der Waals surface area contributed by atoms with Gasteiger partial charge in [-0.25, -0.2) is 14.4 Å². The van der Waals surface area contributed by atoms with Crippen LogP contribution in [0.25, 0.3) is 11.5 Å². The van der Waals surface area contributed by atoms with Gasteiger partial charge in [0.2, 0.25) is 0 Å². The highest BCUT2D eigenvalue weighted by Crippen LogP contribution is 2.19. The van der Waals surface area contributed by atoms with Gasteiger partial charge in [0.15, 0.2) is 17.5 Å². The number of nitrogens with zero attached hydrogens (tertiary/aromatic N) is 3. The Morgan fingerprint density at radius 3 is 2.62 bits per heavy atom. The fraction of sp³-hybridized carbons (Fsp3) is 0.182. The molecular formula is C11H11FN4. The topological polar surface area (TPSA) is 64.7 Å². The minimum absolute atomic E-state index is 0.146. The second kappa shape index (κ2) is 3.84. The second-order valence-electron chi connectivity index (χ2n) is 3.50. The van der Waals surface area contributed by atoms with Crippen molar-refractivity contribution in [3.8, 4) is 11.5 Å². The van der Waals surface area contributed by atoms with E-state index in [0.717, 1.165) is 5.56 Å². The molecule has 2 N–H and O–H groups in total. The van der Waals surface area contributed by atoms with Gasteiger partial charge in [0.25, 0.3) is 0 Å². The Kier molecular flexibility index (Phi) is 2.52. The number of hydrogen-bond donors (Lipinski definition) is 1. The summed E-state index contributed by atoms with van der Waals surface area (Å²) in [6, 6.07) is 3.71. The van der Waals surface area contributed by atoms with E-state index in [0.29, 0.717) is 11.5 Å². The molecule has 0 radical (unpaired) electrons. The lowest BCUT2D eigenvalue weighted by Crippen LogP contribution is -2.04. The monoisotopic (exact) mass is 218 g/mol. The van der Waals surface area contributed by atoms with Crippen LogP contribution in [0.1, 0.15) is 11.3 Å². The smallest absolute Gasteiger partial charge is 0.186 e. The van der Waals surface area contributed by atoms with Crippen LogP contribution in [-0.2, 0) is 0 Å². The number of hydrogen-bond acceptors (Lipinski definition) is 4. The maximum atomic E-state index is 13.3. The summed E-state index contributed by atoms with van der Waals surface area (Å²) in [5.41, 5.74) is 7.23. The molecule has 0 saturated heterocycles. The molecule has 0 atom stereocenters. The standard InChI is InChI=1S/C11H11FN4/c1-6-4-3-5-14-9(6)11-15-7(2)8(12)10(13)16-11/h3-5H,1-2H3,(H2,13,15,16). The highest BCUT2D eigenvalue weighted by atomic mass is 19.1. The van der Waals surface area contributed by atoms with Gasteiger partial charge in [0.05, 0.1) is 5.69 Å². The Hall–Kier alpha value is -2.04. The number of rotatable bonds is 1. The molecule has 0 aliphatic rings. The third kappa shape index (κ3) is 1.71. The van der Waals surface area contributed by atoms with Gasteiger partial charge in [-0.1, -0.05) is 6.07 Å². The maximum Gasteiger partial charge on any atom is 0.186 e. The first-order valence-electron chi connectivity index (χ1n) is 4.81. The fourth-order valence-corrected chi connectivity index (χ4v) is 1.41. The minimum Gasteiger partial charge on any atom is -0.381 e. The molecule has 2 rings (SSSR count). The van der Waals surface area contributed by atoms with E-state index >= 15 is 0 Å². The predicted molar refractivity (Wildman–Crippen MR) is 59.1 cm³/mol. The number of nitrogen functional groups attached to an aromatic ring is 1. The highest BCUT2D eigenvalue weighted by Gasteiger charge is 2.12. The zero-order valence-electron chi connectivity index (χ0n) is 9.03. The number of halogens is 1. The molecule has 0 spiro atoms. The quantitative estimate of drug-likeness (QED) is 0.793. The molecule has 0 unspecified atom stereocenters. The first-order valence-corrected chi connectivity index (χ1v) is 4.81. The van der Waals surface area contributed by atoms with E-state index in [2.05, 4.69) is 15.0 Å². The van der Waals surface area contributed by atoms with Gasteiger partial charge in [0, 0.05) is 6.20 Å². The molecule has 2 heterocycles. The van der Waals surface area contributed by atoms with E-state index in [1.807, 2.05) is 19.1 Å². The molecule has 2 aromatic rings. The zero-order valence-corrected chi connectivity index (χ0v) is 9.03. The minimum atomic E-state index is -0.572. The van der Waals surface area contributed by atoms with E-state index in [4.69, 9.17) is 5.73 Å². The van der Waals surface area contributed by atoms with Gasteiger partial charge < -0.3 is 5.73 Å². The molecule has 0 amide bonds. The normalized spacial score (nSPS) is 10.4. The van der Waals surface area contributed by atoms with Crippen molar-refractivity contribution in [1.82, 2.24) is 15.0 Å². The van der Waals surface area contributed by atoms with Gasteiger partial charge >= 0.3 is 0 Å². The molecule has 16 heavy (non-hydrogen) atoms. The molecule has 0 fully saturated rings. The SMILES string of the molecule is Cc1cccnc1-c1nc(C)c(F)c(N)n1. The lowest BCUT2D eigenvalue weighted by molar-refractivity contribution is 0.608. The Bertz CT molecular complexity index is 516. The summed E-state index contributed by atoms with van der Waals surface area (Å²) in [5, 5.41) is 0. The largest absolute Gasteiger partial charge is 0.381 e. The molecule has 82 valence electrons. The van der Waals surface area contributed by atoms with Crippen molar-refractivity contribution in [2.45, 2.75) is 13.8 Å². The van der Waals surface area contributed by atoms with Crippen molar-refractivity contribution < 1.29 is 4.39 Å². The van der Waals surface area contributed by atoms with Crippen molar-refractivity contribution in [3.63, 3.8) is 0 Å². The Morgan fingerprint density at radius 2 is 2.00 bits per heavy atom. The van der Waals surface area contributed by atoms with E-state index in [1.165, 1.54) is 0 Å². The van der Waals surface area contributed by atoms with Gasteiger partial charge in [0.1, 0.15) is 5.69 Å². The van der Waals surface area contributed by atoms with Crippen molar-refractivity contribution in [2.24, 2.45) is 0 Å². The molecule has 5 heteroatoms. The fourth-order valence-electron chi connectivity index (χ4n) is 1.41. The molecule has 4 nitrogen and oxygen atoms in total. The van der Waals surface area contributed by atoms with Gasteiger partial charge in [-0.05, 0) is 25.5 Å². The van der Waals surface area contributed by atoms with Crippen LogP contribution >= 0.6 is 0 Å². The Balaban J connectivity index is 2.62. The zero-order chi connectivity index (χ0) is 11.7.